The average Bonchev–Trinajstić information content (AvgIpc) is 2.88. The summed E-state index contributed by atoms with van der Waals surface area (Å²) < 4.78 is 8.61. The number of hydrogen-bond donors (Lipinski definition) is 2. The average molecular weight is 400 g/mol. The number of benzene rings is 1. The Labute approximate surface area is 139 Å². The van der Waals surface area contributed by atoms with E-state index in [2.05, 4.69) is 66.0 Å². The number of rotatable bonds is 5. The predicted molar refractivity (Wildman–Crippen MR) is 92.2 cm³/mol. The summed E-state index contributed by atoms with van der Waals surface area (Å²) in [5.74, 6) is 6.60. The van der Waals surface area contributed by atoms with E-state index < -0.39 is 0 Å². The van der Waals surface area contributed by atoms with Crippen molar-refractivity contribution < 1.29 is 4.74 Å². The van der Waals surface area contributed by atoms with Gasteiger partial charge in [0, 0.05) is 9.61 Å². The van der Waals surface area contributed by atoms with Gasteiger partial charge in [0.05, 0.1) is 19.3 Å². The highest BCUT2D eigenvalue weighted by Crippen LogP contribution is 2.34. The molecule has 0 bridgehead atoms. The zero-order chi connectivity index (χ0) is 15.6. The van der Waals surface area contributed by atoms with Crippen LogP contribution in [0, 0.1) is 10.5 Å². The molecular formula is C15H21IN4O. The van der Waals surface area contributed by atoms with Gasteiger partial charge in [-0.05, 0) is 54.5 Å². The van der Waals surface area contributed by atoms with Gasteiger partial charge in [0.1, 0.15) is 5.69 Å². The Morgan fingerprint density at radius 1 is 1.38 bits per heavy atom. The summed E-state index contributed by atoms with van der Waals surface area (Å²) in [6.45, 7) is 6.27. The molecule has 1 unspecified atom stereocenters. The third-order valence-electron chi connectivity index (χ3n) is 3.48. The number of halogens is 1. The molecule has 0 fully saturated rings. The van der Waals surface area contributed by atoms with Crippen LogP contribution in [-0.4, -0.2) is 16.9 Å². The van der Waals surface area contributed by atoms with Crippen LogP contribution in [-0.2, 0) is 0 Å². The van der Waals surface area contributed by atoms with Crippen LogP contribution in [0.5, 0.6) is 5.75 Å². The molecule has 1 aromatic carbocycles. The summed E-state index contributed by atoms with van der Waals surface area (Å²) in [6, 6.07) is 6.27. The van der Waals surface area contributed by atoms with Crippen LogP contribution in [0.25, 0.3) is 0 Å². The molecule has 2 rings (SSSR count). The molecule has 0 aliphatic rings. The molecule has 0 aliphatic carbocycles. The van der Waals surface area contributed by atoms with Gasteiger partial charge in [0.15, 0.2) is 5.75 Å². The van der Waals surface area contributed by atoms with Gasteiger partial charge in [-0.15, -0.1) is 0 Å². The van der Waals surface area contributed by atoms with Crippen molar-refractivity contribution in [3.8, 4) is 5.75 Å². The fourth-order valence-corrected chi connectivity index (χ4v) is 3.08. The SMILES string of the molecule is COc1cnn(C(C)C)c1C(NN)c1cccc(C)c1I. The molecule has 1 heterocycles. The zero-order valence-corrected chi connectivity index (χ0v) is 14.9. The van der Waals surface area contributed by atoms with E-state index >= 15 is 0 Å². The highest BCUT2D eigenvalue weighted by Gasteiger charge is 2.25. The van der Waals surface area contributed by atoms with E-state index in [1.807, 2.05) is 10.7 Å². The van der Waals surface area contributed by atoms with Gasteiger partial charge < -0.3 is 4.74 Å². The van der Waals surface area contributed by atoms with Gasteiger partial charge in [-0.1, -0.05) is 18.2 Å². The molecular weight excluding hydrogens is 379 g/mol. The minimum Gasteiger partial charge on any atom is -0.493 e. The topological polar surface area (TPSA) is 65.1 Å². The van der Waals surface area contributed by atoms with Gasteiger partial charge in [-0.2, -0.15) is 5.10 Å². The third-order valence-corrected chi connectivity index (χ3v) is 4.95. The van der Waals surface area contributed by atoms with Crippen LogP contribution in [0.2, 0.25) is 0 Å². The lowest BCUT2D eigenvalue weighted by atomic mass is 10.0. The van der Waals surface area contributed by atoms with Crippen LogP contribution in [0.3, 0.4) is 0 Å². The highest BCUT2D eigenvalue weighted by atomic mass is 127. The molecule has 5 nitrogen and oxygen atoms in total. The summed E-state index contributed by atoms with van der Waals surface area (Å²) in [7, 11) is 1.65. The molecule has 0 saturated carbocycles. The molecule has 1 aromatic heterocycles. The minimum atomic E-state index is -0.170. The largest absolute Gasteiger partial charge is 0.493 e. The molecule has 114 valence electrons. The van der Waals surface area contributed by atoms with Crippen LogP contribution in [0.15, 0.2) is 24.4 Å². The van der Waals surface area contributed by atoms with E-state index in [1.165, 1.54) is 9.13 Å². The van der Waals surface area contributed by atoms with E-state index in [1.54, 1.807) is 13.3 Å². The number of hydrogen-bond acceptors (Lipinski definition) is 4. The monoisotopic (exact) mass is 400 g/mol. The number of aromatic nitrogens is 2. The Hall–Kier alpha value is -1.12. The molecule has 0 saturated heterocycles. The minimum absolute atomic E-state index is 0.170. The Morgan fingerprint density at radius 2 is 2.10 bits per heavy atom. The quantitative estimate of drug-likeness (QED) is 0.460. The van der Waals surface area contributed by atoms with Gasteiger partial charge in [0.2, 0.25) is 0 Å². The lowest BCUT2D eigenvalue weighted by Gasteiger charge is -2.22. The molecule has 0 aliphatic heterocycles. The second-order valence-corrected chi connectivity index (χ2v) is 6.29. The molecule has 3 N–H and O–H groups in total. The maximum absolute atomic E-state index is 5.86. The summed E-state index contributed by atoms with van der Waals surface area (Å²) in [5, 5.41) is 4.43. The molecule has 2 aromatic rings. The van der Waals surface area contributed by atoms with Crippen molar-refractivity contribution in [2.45, 2.75) is 32.9 Å². The number of ether oxygens (including phenoxy) is 1. The molecule has 0 spiro atoms. The number of hydrazine groups is 1. The standard InChI is InChI=1S/C15H21IN4O/c1-9(2)20-15(12(21-4)8-18-20)14(19-17)11-7-5-6-10(3)13(11)16/h5-9,14,19H,17H2,1-4H3. The zero-order valence-electron chi connectivity index (χ0n) is 12.7. The van der Waals surface area contributed by atoms with Gasteiger partial charge in [-0.3, -0.25) is 10.5 Å². The summed E-state index contributed by atoms with van der Waals surface area (Å²) in [5.41, 5.74) is 6.21. The predicted octanol–water partition coefficient (Wildman–Crippen LogP) is 2.94. The van der Waals surface area contributed by atoms with E-state index in [0.29, 0.717) is 0 Å². The number of methoxy groups -OCH3 is 1. The van der Waals surface area contributed by atoms with Crippen molar-refractivity contribution in [2.24, 2.45) is 5.84 Å². The first-order chi connectivity index (χ1) is 10.0. The number of aryl methyl sites for hydroxylation is 1. The fourth-order valence-electron chi connectivity index (χ4n) is 2.41. The molecule has 6 heteroatoms. The van der Waals surface area contributed by atoms with Crippen LogP contribution < -0.4 is 16.0 Å². The summed E-state index contributed by atoms with van der Waals surface area (Å²) in [6.07, 6.45) is 1.74. The maximum atomic E-state index is 5.86. The normalized spacial score (nSPS) is 12.7. The van der Waals surface area contributed by atoms with E-state index in [-0.39, 0.29) is 12.1 Å². The van der Waals surface area contributed by atoms with Gasteiger partial charge in [-0.25, -0.2) is 5.43 Å². The van der Waals surface area contributed by atoms with Crippen LogP contribution >= 0.6 is 22.6 Å². The maximum Gasteiger partial charge on any atom is 0.161 e. The van der Waals surface area contributed by atoms with Crippen molar-refractivity contribution in [2.75, 3.05) is 7.11 Å². The van der Waals surface area contributed by atoms with Gasteiger partial charge in [0.25, 0.3) is 0 Å². The Balaban J connectivity index is 2.61. The molecule has 0 amide bonds. The second-order valence-electron chi connectivity index (χ2n) is 5.21. The highest BCUT2D eigenvalue weighted by molar-refractivity contribution is 14.1. The number of nitrogens with zero attached hydrogens (tertiary/aromatic N) is 2. The van der Waals surface area contributed by atoms with Crippen LogP contribution in [0.1, 0.15) is 42.8 Å². The van der Waals surface area contributed by atoms with Crippen molar-refractivity contribution >= 4 is 22.6 Å². The van der Waals surface area contributed by atoms with Crippen LogP contribution in [0.4, 0.5) is 0 Å². The molecule has 0 radical (unpaired) electrons. The Morgan fingerprint density at radius 3 is 2.67 bits per heavy atom. The van der Waals surface area contributed by atoms with Gasteiger partial charge >= 0.3 is 0 Å². The first kappa shape index (κ1) is 16.3. The second kappa shape index (κ2) is 6.76. The fraction of sp³-hybridized carbons (Fsp3) is 0.400. The first-order valence-electron chi connectivity index (χ1n) is 6.83. The van der Waals surface area contributed by atoms with Crippen molar-refractivity contribution in [1.29, 1.82) is 0 Å². The lowest BCUT2D eigenvalue weighted by molar-refractivity contribution is 0.394. The Bertz CT molecular complexity index is 624. The smallest absolute Gasteiger partial charge is 0.161 e. The van der Waals surface area contributed by atoms with Crippen molar-refractivity contribution in [3.63, 3.8) is 0 Å². The number of nitrogens with two attached hydrogens (primary N) is 1. The Kier molecular flexibility index (Phi) is 5.23. The lowest BCUT2D eigenvalue weighted by Crippen LogP contribution is -2.32. The number of nitrogens with one attached hydrogen (secondary N) is 1. The summed E-state index contributed by atoms with van der Waals surface area (Å²) >= 11 is 2.36. The first-order valence-corrected chi connectivity index (χ1v) is 7.91. The van der Waals surface area contributed by atoms with Crippen molar-refractivity contribution in [3.05, 3.63) is 44.8 Å². The molecule has 1 atom stereocenters. The van der Waals surface area contributed by atoms with E-state index in [0.717, 1.165) is 17.0 Å². The van der Waals surface area contributed by atoms with Crippen molar-refractivity contribution in [1.82, 2.24) is 15.2 Å². The molecule has 21 heavy (non-hydrogen) atoms. The van der Waals surface area contributed by atoms with E-state index in [4.69, 9.17) is 10.6 Å². The third kappa shape index (κ3) is 3.07. The van der Waals surface area contributed by atoms with E-state index in [9.17, 15) is 0 Å². The summed E-state index contributed by atoms with van der Waals surface area (Å²) in [4.78, 5) is 0.